The average Bonchev–Trinajstić information content (AvgIpc) is 2.53. The summed E-state index contributed by atoms with van der Waals surface area (Å²) in [5.74, 6) is 0.865. The van der Waals surface area contributed by atoms with E-state index in [2.05, 4.69) is 50.4 Å². The van der Waals surface area contributed by atoms with E-state index in [-0.39, 0.29) is 17.0 Å². The van der Waals surface area contributed by atoms with E-state index in [0.29, 0.717) is 6.61 Å². The summed E-state index contributed by atoms with van der Waals surface area (Å²) in [6.07, 6.45) is 1.03. The van der Waals surface area contributed by atoms with E-state index in [4.69, 9.17) is 4.74 Å². The first-order valence-corrected chi connectivity index (χ1v) is 8.00. The number of aryl methyl sites for hydroxylation is 1. The van der Waals surface area contributed by atoms with Crippen LogP contribution in [-0.2, 0) is 6.42 Å². The van der Waals surface area contributed by atoms with Crippen molar-refractivity contribution in [3.8, 4) is 5.75 Å². The van der Waals surface area contributed by atoms with Crippen LogP contribution in [0.25, 0.3) is 0 Å². The van der Waals surface area contributed by atoms with E-state index in [1.165, 1.54) is 5.56 Å². The highest BCUT2D eigenvalue weighted by Gasteiger charge is 2.06. The van der Waals surface area contributed by atoms with Crippen LogP contribution in [0.5, 0.6) is 5.75 Å². The van der Waals surface area contributed by atoms with Gasteiger partial charge in [-0.15, -0.1) is 0 Å². The highest BCUT2D eigenvalue weighted by atomic mass is 79.9. The van der Waals surface area contributed by atoms with Gasteiger partial charge in [-0.3, -0.25) is 0 Å². The molecule has 0 saturated carbocycles. The predicted molar refractivity (Wildman–Crippen MR) is 94.8 cm³/mol. The lowest BCUT2D eigenvalue weighted by Gasteiger charge is -2.23. The third kappa shape index (κ3) is 7.23. The van der Waals surface area contributed by atoms with Crippen molar-refractivity contribution >= 4 is 11.4 Å². The fraction of sp³-hybridized carbons (Fsp3) is 0.368. The molecule has 0 aliphatic heterocycles. The number of azo groups is 1. The summed E-state index contributed by atoms with van der Waals surface area (Å²) in [5, 5.41) is 8.52. The summed E-state index contributed by atoms with van der Waals surface area (Å²) >= 11 is 0. The number of ether oxygens (including phenoxy) is 1. The Morgan fingerprint density at radius 2 is 1.33 bits per heavy atom. The van der Waals surface area contributed by atoms with Gasteiger partial charge in [-0.2, -0.15) is 10.2 Å². The van der Waals surface area contributed by atoms with Gasteiger partial charge in [0.15, 0.2) is 0 Å². The highest BCUT2D eigenvalue weighted by molar-refractivity contribution is 5.43. The summed E-state index contributed by atoms with van der Waals surface area (Å²) in [5.41, 5.74) is 2.99. The Balaban J connectivity index is 0.00000288. The summed E-state index contributed by atoms with van der Waals surface area (Å²) in [6, 6.07) is 15.9. The van der Waals surface area contributed by atoms with E-state index in [0.717, 1.165) is 34.6 Å². The summed E-state index contributed by atoms with van der Waals surface area (Å²) in [4.78, 5) is 0. The lowest BCUT2D eigenvalue weighted by atomic mass is 10.2. The third-order valence-corrected chi connectivity index (χ3v) is 3.49. The molecule has 0 atom stereocenters. The Morgan fingerprint density at radius 1 is 0.833 bits per heavy atom. The fourth-order valence-electron chi connectivity index (χ4n) is 1.96. The van der Waals surface area contributed by atoms with Crippen molar-refractivity contribution in [2.24, 2.45) is 10.2 Å². The molecule has 0 unspecified atom stereocenters. The first-order valence-electron chi connectivity index (χ1n) is 8.00. The summed E-state index contributed by atoms with van der Waals surface area (Å²) < 4.78 is 6.63. The van der Waals surface area contributed by atoms with Crippen LogP contribution in [0, 0.1) is 0 Å². The van der Waals surface area contributed by atoms with Crippen molar-refractivity contribution in [3.05, 3.63) is 54.1 Å². The van der Waals surface area contributed by atoms with Crippen LogP contribution in [0.2, 0.25) is 0 Å². The number of nitrogens with zero attached hydrogens (tertiary/aromatic N) is 3. The minimum atomic E-state index is 0. The second kappa shape index (κ2) is 9.55. The Bertz CT molecular complexity index is 631. The number of hydrogen-bond acceptors (Lipinski definition) is 3. The predicted octanol–water partition coefficient (Wildman–Crippen LogP) is 1.75. The largest absolute Gasteiger partial charge is 1.00 e. The SMILES string of the molecule is CCc1ccc(N=Nc2ccc(OCC[N+](C)(C)C)cc2)cc1.[Br-]. The minimum absolute atomic E-state index is 0. The Morgan fingerprint density at radius 3 is 1.79 bits per heavy atom. The van der Waals surface area contributed by atoms with Crippen LogP contribution in [-0.4, -0.2) is 38.8 Å². The van der Waals surface area contributed by atoms with E-state index in [9.17, 15) is 0 Å². The molecule has 0 aromatic heterocycles. The molecule has 2 aromatic rings. The van der Waals surface area contributed by atoms with Crippen molar-refractivity contribution in [1.29, 1.82) is 0 Å². The van der Waals surface area contributed by atoms with Crippen molar-refractivity contribution in [1.82, 2.24) is 0 Å². The zero-order valence-electron chi connectivity index (χ0n) is 14.9. The number of rotatable bonds is 7. The van der Waals surface area contributed by atoms with Crippen molar-refractivity contribution in [3.63, 3.8) is 0 Å². The van der Waals surface area contributed by atoms with Gasteiger partial charge in [-0.05, 0) is 48.4 Å². The molecule has 4 nitrogen and oxygen atoms in total. The summed E-state index contributed by atoms with van der Waals surface area (Å²) in [6.45, 7) is 3.81. The van der Waals surface area contributed by atoms with Crippen LogP contribution >= 0.6 is 0 Å². The molecular formula is C19H26BrN3O. The standard InChI is InChI=1S/C19H26N3O.BrH/c1-5-16-6-8-17(9-7-16)20-21-18-10-12-19(13-11-18)23-15-14-22(2,3)4;/h6-13H,5,14-15H2,1-4H3;1H/q+1;/p-1. The van der Waals surface area contributed by atoms with Crippen molar-refractivity contribution in [2.75, 3.05) is 34.3 Å². The molecule has 0 N–H and O–H groups in total. The Hall–Kier alpha value is -1.72. The quantitative estimate of drug-likeness (QED) is 0.522. The number of likely N-dealkylation sites (N-methyl/N-ethyl adjacent to an activating group) is 1. The molecule has 2 aromatic carbocycles. The van der Waals surface area contributed by atoms with Crippen LogP contribution < -0.4 is 21.7 Å². The van der Waals surface area contributed by atoms with Crippen LogP contribution in [0.4, 0.5) is 11.4 Å². The molecule has 0 fully saturated rings. The number of halogens is 1. The van der Waals surface area contributed by atoms with Crippen molar-refractivity contribution in [2.45, 2.75) is 13.3 Å². The molecule has 0 aliphatic rings. The molecule has 0 heterocycles. The number of benzene rings is 2. The first kappa shape index (κ1) is 20.3. The zero-order chi connectivity index (χ0) is 16.7. The minimum Gasteiger partial charge on any atom is -1.00 e. The van der Waals surface area contributed by atoms with Gasteiger partial charge in [-0.1, -0.05) is 19.1 Å². The molecule has 0 amide bonds. The number of hydrogen-bond donors (Lipinski definition) is 0. The van der Waals surface area contributed by atoms with E-state index < -0.39 is 0 Å². The van der Waals surface area contributed by atoms with Gasteiger partial charge < -0.3 is 26.2 Å². The average molecular weight is 392 g/mol. The smallest absolute Gasteiger partial charge is 0.137 e. The molecule has 24 heavy (non-hydrogen) atoms. The maximum absolute atomic E-state index is 5.74. The highest BCUT2D eigenvalue weighted by Crippen LogP contribution is 2.21. The Kier molecular flexibility index (Phi) is 8.08. The molecule has 0 radical (unpaired) electrons. The maximum Gasteiger partial charge on any atom is 0.137 e. The molecule has 5 heteroatoms. The summed E-state index contributed by atoms with van der Waals surface area (Å²) in [7, 11) is 6.46. The normalized spacial score (nSPS) is 11.3. The van der Waals surface area contributed by atoms with Gasteiger partial charge >= 0.3 is 0 Å². The van der Waals surface area contributed by atoms with Gasteiger partial charge in [0.2, 0.25) is 0 Å². The van der Waals surface area contributed by atoms with Gasteiger partial charge in [-0.25, -0.2) is 0 Å². The van der Waals surface area contributed by atoms with Crippen LogP contribution in [0.1, 0.15) is 12.5 Å². The molecule has 130 valence electrons. The van der Waals surface area contributed by atoms with Gasteiger partial charge in [0.1, 0.15) is 18.9 Å². The molecule has 0 bridgehead atoms. The van der Waals surface area contributed by atoms with Gasteiger partial charge in [0, 0.05) is 0 Å². The van der Waals surface area contributed by atoms with E-state index >= 15 is 0 Å². The fourth-order valence-corrected chi connectivity index (χ4v) is 1.96. The van der Waals surface area contributed by atoms with Gasteiger partial charge in [0.25, 0.3) is 0 Å². The van der Waals surface area contributed by atoms with Crippen LogP contribution in [0.3, 0.4) is 0 Å². The third-order valence-electron chi connectivity index (χ3n) is 3.49. The number of quaternary nitrogens is 1. The van der Waals surface area contributed by atoms with Gasteiger partial charge in [0.05, 0.1) is 32.5 Å². The van der Waals surface area contributed by atoms with E-state index in [1.54, 1.807) is 0 Å². The molecule has 0 saturated heterocycles. The molecule has 0 spiro atoms. The monoisotopic (exact) mass is 391 g/mol. The lowest BCUT2D eigenvalue weighted by Crippen LogP contribution is -3.00. The maximum atomic E-state index is 5.74. The second-order valence-corrected chi connectivity index (χ2v) is 6.58. The van der Waals surface area contributed by atoms with Crippen LogP contribution in [0.15, 0.2) is 58.8 Å². The zero-order valence-corrected chi connectivity index (χ0v) is 16.5. The first-order chi connectivity index (χ1) is 11.0. The second-order valence-electron chi connectivity index (χ2n) is 6.58. The van der Waals surface area contributed by atoms with Crippen molar-refractivity contribution < 1.29 is 26.2 Å². The molecular weight excluding hydrogens is 366 g/mol. The topological polar surface area (TPSA) is 34.0 Å². The molecule has 2 rings (SSSR count). The molecule has 0 aliphatic carbocycles. The lowest BCUT2D eigenvalue weighted by molar-refractivity contribution is -0.870. The van der Waals surface area contributed by atoms with E-state index in [1.807, 2.05) is 36.4 Å². The Labute approximate surface area is 155 Å².